The molecule has 0 radical (unpaired) electrons. The molecule has 2 fully saturated rings. The van der Waals surface area contributed by atoms with Crippen LogP contribution < -0.4 is 0 Å². The Morgan fingerprint density at radius 1 is 1.30 bits per heavy atom. The van der Waals surface area contributed by atoms with E-state index in [1.807, 2.05) is 7.05 Å². The van der Waals surface area contributed by atoms with Crippen molar-refractivity contribution in [2.75, 3.05) is 25.1 Å². The molecule has 2 rings (SSSR count). The molecule has 116 valence electrons. The highest BCUT2D eigenvalue weighted by atomic mass is 32.2. The molecule has 3 atom stereocenters. The second kappa shape index (κ2) is 6.56. The van der Waals surface area contributed by atoms with Gasteiger partial charge in [0.1, 0.15) is 5.78 Å². The second-order valence-corrected chi connectivity index (χ2v) is 8.82. The SMILES string of the molecule is CCCC1CCC(=O)C(CN(C)C2CCS(=O)(=O)C2)C1. The van der Waals surface area contributed by atoms with Crippen LogP contribution in [0.1, 0.15) is 45.4 Å². The van der Waals surface area contributed by atoms with Crippen LogP contribution in [0.25, 0.3) is 0 Å². The van der Waals surface area contributed by atoms with Crippen molar-refractivity contribution >= 4 is 15.6 Å². The second-order valence-electron chi connectivity index (χ2n) is 6.59. The molecule has 0 amide bonds. The number of Topliss-reactive ketones (excluding diaryl/α,β-unsaturated/α-hetero) is 1. The van der Waals surface area contributed by atoms with Gasteiger partial charge in [-0.3, -0.25) is 4.79 Å². The number of carbonyl (C=O) groups excluding carboxylic acids is 1. The summed E-state index contributed by atoms with van der Waals surface area (Å²) in [6, 6.07) is 0.111. The van der Waals surface area contributed by atoms with Crippen molar-refractivity contribution in [1.82, 2.24) is 4.90 Å². The van der Waals surface area contributed by atoms with Gasteiger partial charge in [0.15, 0.2) is 9.84 Å². The summed E-state index contributed by atoms with van der Waals surface area (Å²) in [5.41, 5.74) is 0. The van der Waals surface area contributed by atoms with Crippen molar-refractivity contribution < 1.29 is 13.2 Å². The Balaban J connectivity index is 1.89. The van der Waals surface area contributed by atoms with Gasteiger partial charge in [-0.1, -0.05) is 19.8 Å². The molecule has 1 heterocycles. The van der Waals surface area contributed by atoms with Crippen LogP contribution in [0.15, 0.2) is 0 Å². The Morgan fingerprint density at radius 2 is 2.05 bits per heavy atom. The predicted molar refractivity (Wildman–Crippen MR) is 80.4 cm³/mol. The van der Waals surface area contributed by atoms with E-state index in [0.717, 1.165) is 25.8 Å². The molecule has 2 aliphatic rings. The first-order valence-electron chi connectivity index (χ1n) is 7.84. The van der Waals surface area contributed by atoms with Crippen LogP contribution in [0.3, 0.4) is 0 Å². The quantitative estimate of drug-likeness (QED) is 0.778. The number of ketones is 1. The lowest BCUT2D eigenvalue weighted by molar-refractivity contribution is -0.126. The number of sulfone groups is 1. The van der Waals surface area contributed by atoms with E-state index in [1.165, 1.54) is 12.8 Å². The predicted octanol–water partition coefficient (Wildman–Crippen LogP) is 1.89. The Morgan fingerprint density at radius 3 is 2.65 bits per heavy atom. The average molecular weight is 301 g/mol. The first-order valence-corrected chi connectivity index (χ1v) is 9.66. The van der Waals surface area contributed by atoms with Crippen molar-refractivity contribution in [3.63, 3.8) is 0 Å². The monoisotopic (exact) mass is 301 g/mol. The minimum Gasteiger partial charge on any atom is -0.302 e. The summed E-state index contributed by atoms with van der Waals surface area (Å²) in [5.74, 6) is 1.75. The van der Waals surface area contributed by atoms with E-state index < -0.39 is 9.84 Å². The van der Waals surface area contributed by atoms with Crippen LogP contribution in [0.2, 0.25) is 0 Å². The molecule has 0 N–H and O–H groups in total. The summed E-state index contributed by atoms with van der Waals surface area (Å²) in [4.78, 5) is 14.2. The molecule has 5 heteroatoms. The van der Waals surface area contributed by atoms with E-state index in [0.29, 0.717) is 23.9 Å². The number of rotatable bonds is 5. The summed E-state index contributed by atoms with van der Waals surface area (Å²) in [6.45, 7) is 2.93. The van der Waals surface area contributed by atoms with Gasteiger partial charge in [-0.25, -0.2) is 8.42 Å². The topological polar surface area (TPSA) is 54.5 Å². The van der Waals surface area contributed by atoms with Gasteiger partial charge in [0, 0.05) is 24.9 Å². The third kappa shape index (κ3) is 4.04. The van der Waals surface area contributed by atoms with Crippen molar-refractivity contribution in [2.45, 2.75) is 51.5 Å². The zero-order valence-corrected chi connectivity index (χ0v) is 13.5. The zero-order chi connectivity index (χ0) is 14.8. The molecule has 1 saturated heterocycles. The van der Waals surface area contributed by atoms with Gasteiger partial charge in [0.2, 0.25) is 0 Å². The standard InChI is InChI=1S/C15H27NO3S/c1-3-4-12-5-6-15(17)13(9-12)10-16(2)14-7-8-20(18,19)11-14/h12-14H,3-11H2,1-2H3. The summed E-state index contributed by atoms with van der Waals surface area (Å²) < 4.78 is 23.1. The van der Waals surface area contributed by atoms with E-state index in [2.05, 4.69) is 11.8 Å². The van der Waals surface area contributed by atoms with Crippen LogP contribution in [0.4, 0.5) is 0 Å². The van der Waals surface area contributed by atoms with E-state index in [4.69, 9.17) is 0 Å². The Kier molecular flexibility index (Phi) is 5.24. The fourth-order valence-corrected chi connectivity index (χ4v) is 5.47. The number of nitrogens with zero attached hydrogens (tertiary/aromatic N) is 1. The maximum absolute atomic E-state index is 12.1. The lowest BCUT2D eigenvalue weighted by Crippen LogP contribution is -2.40. The van der Waals surface area contributed by atoms with E-state index in [9.17, 15) is 13.2 Å². The molecule has 1 aliphatic carbocycles. The highest BCUT2D eigenvalue weighted by Gasteiger charge is 2.34. The minimum atomic E-state index is -2.84. The zero-order valence-electron chi connectivity index (χ0n) is 12.7. The van der Waals surface area contributed by atoms with Gasteiger partial charge in [0.05, 0.1) is 11.5 Å². The highest BCUT2D eigenvalue weighted by molar-refractivity contribution is 7.91. The molecule has 1 saturated carbocycles. The minimum absolute atomic E-state index is 0.111. The van der Waals surface area contributed by atoms with Gasteiger partial charge in [-0.2, -0.15) is 0 Å². The smallest absolute Gasteiger partial charge is 0.151 e. The van der Waals surface area contributed by atoms with Gasteiger partial charge in [0.25, 0.3) is 0 Å². The molecule has 0 aromatic heterocycles. The van der Waals surface area contributed by atoms with Crippen molar-refractivity contribution in [2.24, 2.45) is 11.8 Å². The molecule has 3 unspecified atom stereocenters. The number of hydrogen-bond donors (Lipinski definition) is 0. The largest absolute Gasteiger partial charge is 0.302 e. The molecule has 0 spiro atoms. The molecule has 0 bridgehead atoms. The van der Waals surface area contributed by atoms with Crippen LogP contribution in [0.5, 0.6) is 0 Å². The summed E-state index contributed by atoms with van der Waals surface area (Å²) in [7, 11) is -0.866. The van der Waals surface area contributed by atoms with E-state index in [-0.39, 0.29) is 17.7 Å². The van der Waals surface area contributed by atoms with Crippen molar-refractivity contribution in [3.05, 3.63) is 0 Å². The van der Waals surface area contributed by atoms with E-state index in [1.54, 1.807) is 0 Å². The van der Waals surface area contributed by atoms with Crippen LogP contribution in [-0.2, 0) is 14.6 Å². The number of carbonyl (C=O) groups is 1. The fraction of sp³-hybridized carbons (Fsp3) is 0.933. The maximum atomic E-state index is 12.1. The van der Waals surface area contributed by atoms with Crippen LogP contribution in [0, 0.1) is 11.8 Å². The molecular weight excluding hydrogens is 274 g/mol. The van der Waals surface area contributed by atoms with Gasteiger partial charge >= 0.3 is 0 Å². The Hall–Kier alpha value is -0.420. The molecule has 0 aromatic rings. The summed E-state index contributed by atoms with van der Waals surface area (Å²) in [5, 5.41) is 0. The third-order valence-corrected chi connectivity index (χ3v) is 6.66. The molecular formula is C15H27NO3S. The first-order chi connectivity index (χ1) is 9.41. The average Bonchev–Trinajstić information content (AvgIpc) is 2.74. The van der Waals surface area contributed by atoms with Gasteiger partial charge in [-0.05, 0) is 32.2 Å². The normalized spacial score (nSPS) is 33.8. The Bertz CT molecular complexity index is 446. The molecule has 4 nitrogen and oxygen atoms in total. The lowest BCUT2D eigenvalue weighted by atomic mass is 9.78. The fourth-order valence-electron chi connectivity index (χ4n) is 3.67. The molecule has 0 aromatic carbocycles. The van der Waals surface area contributed by atoms with Crippen LogP contribution in [-0.4, -0.2) is 50.2 Å². The van der Waals surface area contributed by atoms with Crippen molar-refractivity contribution in [1.29, 1.82) is 0 Å². The van der Waals surface area contributed by atoms with Crippen LogP contribution >= 0.6 is 0 Å². The number of hydrogen-bond acceptors (Lipinski definition) is 4. The summed E-state index contributed by atoms with van der Waals surface area (Å²) >= 11 is 0. The summed E-state index contributed by atoms with van der Waals surface area (Å²) in [6.07, 6.45) is 5.87. The van der Waals surface area contributed by atoms with E-state index >= 15 is 0 Å². The Labute approximate surface area is 122 Å². The molecule has 20 heavy (non-hydrogen) atoms. The maximum Gasteiger partial charge on any atom is 0.151 e. The highest BCUT2D eigenvalue weighted by Crippen LogP contribution is 2.31. The van der Waals surface area contributed by atoms with Crippen molar-refractivity contribution in [3.8, 4) is 0 Å². The molecule has 1 aliphatic heterocycles. The van der Waals surface area contributed by atoms with Gasteiger partial charge in [-0.15, -0.1) is 0 Å². The lowest BCUT2D eigenvalue weighted by Gasteiger charge is -2.32. The first kappa shape index (κ1) is 16.0. The third-order valence-electron chi connectivity index (χ3n) is 4.91. The van der Waals surface area contributed by atoms with Gasteiger partial charge < -0.3 is 4.90 Å².